The van der Waals surface area contributed by atoms with Crippen molar-refractivity contribution in [1.29, 1.82) is 0 Å². The molecule has 0 unspecified atom stereocenters. The van der Waals surface area contributed by atoms with E-state index >= 15 is 0 Å². The van der Waals surface area contributed by atoms with Crippen molar-refractivity contribution in [3.8, 4) is 0 Å². The number of carbonyl (C=O) groups excluding carboxylic acids is 2. The van der Waals surface area contributed by atoms with E-state index in [2.05, 4.69) is 0 Å². The second kappa shape index (κ2) is 13.2. The number of rotatable bonds is 14. The van der Waals surface area contributed by atoms with Crippen molar-refractivity contribution in [3.05, 3.63) is 12.2 Å². The first kappa shape index (κ1) is 25.0. The second-order valence-corrected chi connectivity index (χ2v) is 11.8. The fourth-order valence-electron chi connectivity index (χ4n) is 2.11. The maximum absolute atomic E-state index is 11.8. The molecule has 26 heavy (non-hydrogen) atoms. The van der Waals surface area contributed by atoms with Crippen LogP contribution in [0.15, 0.2) is 12.2 Å². The van der Waals surface area contributed by atoms with Crippen LogP contribution in [0.25, 0.3) is 0 Å². The summed E-state index contributed by atoms with van der Waals surface area (Å²) >= 11 is 0. The fraction of sp³-hybridized carbons (Fsp3) is 0.750. The predicted octanol–water partition coefficient (Wildman–Crippen LogP) is 2.00. The number of carbonyl (C=O) groups is 2. The summed E-state index contributed by atoms with van der Waals surface area (Å²) in [5, 5.41) is 0. The molecule has 0 fully saturated rings. The predicted molar refractivity (Wildman–Crippen MR) is 101 cm³/mol. The standard InChI is InChI=1S/C16H32O8Si2/c1-7-21-25(5,22-8-2)13-19-15(17)11-12-16(18)20-14-26(6,23-9-3)24-10-4/h11-12H,7-10,13-14H2,1-6H3/b12-11+. The highest BCUT2D eigenvalue weighted by Gasteiger charge is 2.33. The van der Waals surface area contributed by atoms with Gasteiger partial charge >= 0.3 is 29.1 Å². The molecule has 152 valence electrons. The van der Waals surface area contributed by atoms with E-state index in [1.165, 1.54) is 0 Å². The van der Waals surface area contributed by atoms with Gasteiger partial charge in [0.25, 0.3) is 0 Å². The highest BCUT2D eigenvalue weighted by molar-refractivity contribution is 6.66. The molecule has 0 aliphatic carbocycles. The van der Waals surface area contributed by atoms with Gasteiger partial charge in [-0.05, 0) is 40.8 Å². The molecule has 0 rings (SSSR count). The van der Waals surface area contributed by atoms with Crippen LogP contribution < -0.4 is 0 Å². The molecule has 0 atom stereocenters. The number of esters is 2. The third-order valence-corrected chi connectivity index (χ3v) is 8.04. The molecule has 0 aromatic carbocycles. The molecule has 0 radical (unpaired) electrons. The molecule has 0 saturated carbocycles. The third kappa shape index (κ3) is 10.8. The Morgan fingerprint density at radius 3 is 1.15 bits per heavy atom. The molecule has 0 aromatic rings. The lowest BCUT2D eigenvalue weighted by Crippen LogP contribution is -2.45. The first-order valence-electron chi connectivity index (χ1n) is 8.81. The SMILES string of the molecule is CCO[Si](C)(COC(=O)/C=C/C(=O)OC[Si](C)(OCC)OCC)OCC. The first-order valence-corrected chi connectivity index (χ1v) is 13.9. The number of hydrogen-bond acceptors (Lipinski definition) is 8. The van der Waals surface area contributed by atoms with Gasteiger partial charge in [-0.2, -0.15) is 0 Å². The molecule has 0 aliphatic rings. The fourth-order valence-corrected chi connectivity index (χ4v) is 5.86. The van der Waals surface area contributed by atoms with Crippen LogP contribution in [0.3, 0.4) is 0 Å². The van der Waals surface area contributed by atoms with Crippen molar-refractivity contribution >= 4 is 29.1 Å². The maximum atomic E-state index is 11.8. The first-order chi connectivity index (χ1) is 12.2. The van der Waals surface area contributed by atoms with Gasteiger partial charge in [0.15, 0.2) is 0 Å². The second-order valence-electron chi connectivity index (χ2n) is 5.55. The molecular formula is C16H32O8Si2. The normalized spacial score (nSPS) is 12.4. The minimum atomic E-state index is -2.55. The van der Waals surface area contributed by atoms with Crippen LogP contribution in [-0.2, 0) is 36.8 Å². The molecule has 0 heterocycles. The number of ether oxygens (including phenoxy) is 2. The largest absolute Gasteiger partial charge is 0.461 e. The highest BCUT2D eigenvalue weighted by atomic mass is 28.4. The lowest BCUT2D eigenvalue weighted by molar-refractivity contribution is -0.139. The summed E-state index contributed by atoms with van der Waals surface area (Å²) in [6.45, 7) is 12.9. The van der Waals surface area contributed by atoms with E-state index in [4.69, 9.17) is 27.2 Å². The zero-order chi connectivity index (χ0) is 20.1. The van der Waals surface area contributed by atoms with E-state index in [1.54, 1.807) is 0 Å². The highest BCUT2D eigenvalue weighted by Crippen LogP contribution is 2.09. The van der Waals surface area contributed by atoms with Gasteiger partial charge in [-0.25, -0.2) is 9.59 Å². The lowest BCUT2D eigenvalue weighted by Gasteiger charge is -2.25. The van der Waals surface area contributed by atoms with Gasteiger partial charge in [0.05, 0.1) is 0 Å². The Labute approximate surface area is 158 Å². The Hall–Kier alpha value is -1.05. The Morgan fingerprint density at radius 1 is 0.654 bits per heavy atom. The molecule has 0 aromatic heterocycles. The van der Waals surface area contributed by atoms with Crippen LogP contribution in [0.1, 0.15) is 27.7 Å². The minimum absolute atomic E-state index is 0.0482. The smallest absolute Gasteiger partial charge is 0.374 e. The van der Waals surface area contributed by atoms with Crippen molar-refractivity contribution < 1.29 is 36.8 Å². The summed E-state index contributed by atoms with van der Waals surface area (Å²) in [6, 6.07) is 0. The van der Waals surface area contributed by atoms with Gasteiger partial charge in [0, 0.05) is 38.6 Å². The average molecular weight is 409 g/mol. The van der Waals surface area contributed by atoms with Crippen LogP contribution in [0.2, 0.25) is 13.1 Å². The summed E-state index contributed by atoms with van der Waals surface area (Å²) in [5.41, 5.74) is 0. The Kier molecular flexibility index (Phi) is 12.6. The monoisotopic (exact) mass is 408 g/mol. The molecule has 10 heteroatoms. The van der Waals surface area contributed by atoms with Gasteiger partial charge in [-0.3, -0.25) is 0 Å². The molecule has 0 aliphatic heterocycles. The summed E-state index contributed by atoms with van der Waals surface area (Å²) in [5.74, 6) is -1.32. The van der Waals surface area contributed by atoms with Crippen molar-refractivity contribution in [2.75, 3.05) is 38.9 Å². The van der Waals surface area contributed by atoms with Gasteiger partial charge < -0.3 is 27.2 Å². The third-order valence-electron chi connectivity index (χ3n) is 3.11. The molecule has 0 amide bonds. The van der Waals surface area contributed by atoms with Gasteiger partial charge in [-0.15, -0.1) is 0 Å². The summed E-state index contributed by atoms with van der Waals surface area (Å²) < 4.78 is 32.5. The van der Waals surface area contributed by atoms with Gasteiger partial charge in [-0.1, -0.05) is 0 Å². The van der Waals surface area contributed by atoms with Crippen molar-refractivity contribution in [2.45, 2.75) is 40.8 Å². The van der Waals surface area contributed by atoms with E-state index in [0.717, 1.165) is 12.2 Å². The molecule has 8 nitrogen and oxygen atoms in total. The summed E-state index contributed by atoms with van der Waals surface area (Å²) in [4.78, 5) is 23.5. The Morgan fingerprint density at radius 2 is 0.923 bits per heavy atom. The van der Waals surface area contributed by atoms with Crippen molar-refractivity contribution in [3.63, 3.8) is 0 Å². The van der Waals surface area contributed by atoms with E-state index in [9.17, 15) is 9.59 Å². The van der Waals surface area contributed by atoms with Gasteiger partial charge in [0.1, 0.15) is 12.5 Å². The van der Waals surface area contributed by atoms with E-state index in [-0.39, 0.29) is 12.5 Å². The molecular weight excluding hydrogens is 376 g/mol. The Bertz CT molecular complexity index is 404. The van der Waals surface area contributed by atoms with Crippen LogP contribution in [0.5, 0.6) is 0 Å². The topological polar surface area (TPSA) is 89.5 Å². The van der Waals surface area contributed by atoms with Gasteiger partial charge in [0.2, 0.25) is 0 Å². The van der Waals surface area contributed by atoms with Crippen molar-refractivity contribution in [1.82, 2.24) is 0 Å². The van der Waals surface area contributed by atoms with Crippen molar-refractivity contribution in [2.24, 2.45) is 0 Å². The zero-order valence-corrected chi connectivity index (χ0v) is 18.7. The molecule has 0 N–H and O–H groups in total. The van der Waals surface area contributed by atoms with Crippen LogP contribution in [-0.4, -0.2) is 67.9 Å². The van der Waals surface area contributed by atoms with Crippen LogP contribution in [0, 0.1) is 0 Å². The quantitative estimate of drug-likeness (QED) is 0.245. The number of hydrogen-bond donors (Lipinski definition) is 0. The lowest BCUT2D eigenvalue weighted by atomic mass is 10.5. The Balaban J connectivity index is 4.43. The van der Waals surface area contributed by atoms with E-state index in [1.807, 2.05) is 40.8 Å². The average Bonchev–Trinajstić information content (AvgIpc) is 2.57. The van der Waals surface area contributed by atoms with Crippen LogP contribution in [0.4, 0.5) is 0 Å². The molecule has 0 saturated heterocycles. The molecule has 0 spiro atoms. The maximum Gasteiger partial charge on any atom is 0.374 e. The molecule has 0 bridgehead atoms. The summed E-state index contributed by atoms with van der Waals surface area (Å²) in [6.07, 6.45) is 2.14. The summed E-state index contributed by atoms with van der Waals surface area (Å²) in [7, 11) is -5.09. The minimum Gasteiger partial charge on any atom is -0.461 e. The zero-order valence-electron chi connectivity index (χ0n) is 16.7. The van der Waals surface area contributed by atoms with E-state index < -0.39 is 29.1 Å². The van der Waals surface area contributed by atoms with E-state index in [0.29, 0.717) is 26.4 Å². The van der Waals surface area contributed by atoms with Crippen LogP contribution >= 0.6 is 0 Å².